The third-order valence-electron chi connectivity index (χ3n) is 6.47. The van der Waals surface area contributed by atoms with Gasteiger partial charge >= 0.3 is 0 Å². The predicted octanol–water partition coefficient (Wildman–Crippen LogP) is 3.10. The summed E-state index contributed by atoms with van der Waals surface area (Å²) >= 11 is 6.06. The second-order valence-electron chi connectivity index (χ2n) is 9.13. The van der Waals surface area contributed by atoms with Crippen molar-refractivity contribution in [1.29, 1.82) is 0 Å². The van der Waals surface area contributed by atoms with Crippen LogP contribution in [0, 0.1) is 0 Å². The zero-order chi connectivity index (χ0) is 22.8. The van der Waals surface area contributed by atoms with Gasteiger partial charge in [-0.05, 0) is 30.0 Å². The molecule has 1 aromatic carbocycles. The molecule has 1 fully saturated rings. The first kappa shape index (κ1) is 23.0. The van der Waals surface area contributed by atoms with Crippen LogP contribution in [0.15, 0.2) is 30.6 Å². The number of hydrogen-bond donors (Lipinski definition) is 2. The number of aliphatic hydroxyl groups is 1. The highest BCUT2D eigenvalue weighted by Crippen LogP contribution is 2.42. The minimum Gasteiger partial charge on any atom is -0.387 e. The van der Waals surface area contributed by atoms with Crippen molar-refractivity contribution in [2.24, 2.45) is 0 Å². The van der Waals surface area contributed by atoms with Crippen molar-refractivity contribution in [3.8, 4) is 0 Å². The fourth-order valence-corrected chi connectivity index (χ4v) is 4.84. The van der Waals surface area contributed by atoms with Gasteiger partial charge in [-0.3, -0.25) is 4.79 Å². The molecule has 1 aliphatic carbocycles. The molecule has 0 spiro atoms. The van der Waals surface area contributed by atoms with Gasteiger partial charge in [0, 0.05) is 49.4 Å². The molecule has 1 aliphatic heterocycles. The van der Waals surface area contributed by atoms with Gasteiger partial charge in [-0.1, -0.05) is 44.5 Å². The number of carbonyl (C=O) groups excluding carboxylic acids is 1. The van der Waals surface area contributed by atoms with Crippen LogP contribution in [-0.2, 0) is 4.79 Å². The molecule has 2 aliphatic rings. The van der Waals surface area contributed by atoms with Crippen molar-refractivity contribution in [1.82, 2.24) is 20.2 Å². The fraction of sp³-hybridized carbons (Fsp3) is 0.542. The van der Waals surface area contributed by atoms with Crippen LogP contribution in [-0.4, -0.2) is 64.6 Å². The topological polar surface area (TPSA) is 81.6 Å². The van der Waals surface area contributed by atoms with Gasteiger partial charge in [-0.15, -0.1) is 0 Å². The van der Waals surface area contributed by atoms with Crippen LogP contribution in [0.25, 0.3) is 0 Å². The molecule has 0 bridgehead atoms. The first-order chi connectivity index (χ1) is 15.3. The summed E-state index contributed by atoms with van der Waals surface area (Å²) in [4.78, 5) is 26.5. The van der Waals surface area contributed by atoms with E-state index < -0.39 is 6.10 Å². The number of amides is 1. The molecule has 8 heteroatoms. The quantitative estimate of drug-likeness (QED) is 0.693. The standard InChI is InChI=1S/C24H32ClN5O2/c1-15(2)26-13-19(17-4-6-18(25)7-5-17)24(32)30-10-8-29(9-11-30)23-21-16(3)12-20(31)22(21)27-14-28-23/h4-7,14-16,19-20,26,31H,8-13H2,1-3H3/t16-,19?,20+/m1/s1. The van der Waals surface area contributed by atoms with E-state index in [9.17, 15) is 9.90 Å². The predicted molar refractivity (Wildman–Crippen MR) is 126 cm³/mol. The van der Waals surface area contributed by atoms with Crippen LogP contribution in [0.3, 0.4) is 0 Å². The lowest BCUT2D eigenvalue weighted by molar-refractivity contribution is -0.133. The molecule has 2 N–H and O–H groups in total. The number of aromatic nitrogens is 2. The summed E-state index contributed by atoms with van der Waals surface area (Å²) in [6.45, 7) is 9.57. The molecule has 3 atom stereocenters. The van der Waals surface area contributed by atoms with Crippen LogP contribution in [0.4, 0.5) is 5.82 Å². The van der Waals surface area contributed by atoms with E-state index in [1.807, 2.05) is 29.2 Å². The number of aliphatic hydroxyl groups excluding tert-OH is 1. The average Bonchev–Trinajstić information content (AvgIpc) is 3.08. The molecular formula is C24H32ClN5O2. The van der Waals surface area contributed by atoms with Crippen LogP contribution in [0.2, 0.25) is 5.02 Å². The summed E-state index contributed by atoms with van der Waals surface area (Å²) in [5.41, 5.74) is 2.79. The van der Waals surface area contributed by atoms with Gasteiger partial charge in [0.05, 0.1) is 17.7 Å². The molecule has 1 amide bonds. The smallest absolute Gasteiger partial charge is 0.231 e. The third-order valence-corrected chi connectivity index (χ3v) is 6.72. The van der Waals surface area contributed by atoms with Crippen molar-refractivity contribution in [2.75, 3.05) is 37.6 Å². The molecule has 4 rings (SSSR count). The van der Waals surface area contributed by atoms with E-state index in [0.29, 0.717) is 50.2 Å². The number of carbonyl (C=O) groups is 1. The van der Waals surface area contributed by atoms with E-state index in [0.717, 1.165) is 22.6 Å². The third kappa shape index (κ3) is 4.75. The molecular weight excluding hydrogens is 426 g/mol. The summed E-state index contributed by atoms with van der Waals surface area (Å²) in [5, 5.41) is 14.4. The summed E-state index contributed by atoms with van der Waals surface area (Å²) in [5.74, 6) is 1.02. The number of hydrogen-bond acceptors (Lipinski definition) is 6. The molecule has 2 heterocycles. The molecule has 2 aromatic rings. The van der Waals surface area contributed by atoms with Crippen molar-refractivity contribution in [3.63, 3.8) is 0 Å². The minimum atomic E-state index is -0.516. The normalized spacial score (nSPS) is 21.7. The van der Waals surface area contributed by atoms with Crippen molar-refractivity contribution < 1.29 is 9.90 Å². The Morgan fingerprint density at radius 3 is 2.53 bits per heavy atom. The second-order valence-corrected chi connectivity index (χ2v) is 9.56. The fourth-order valence-electron chi connectivity index (χ4n) is 4.71. The SMILES string of the molecule is CC(C)NCC(C(=O)N1CCN(c2ncnc3c2[C@H](C)C[C@@H]3O)CC1)c1ccc(Cl)cc1. The average molecular weight is 458 g/mol. The van der Waals surface area contributed by atoms with E-state index in [1.54, 1.807) is 6.33 Å². The summed E-state index contributed by atoms with van der Waals surface area (Å²) in [7, 11) is 0. The molecule has 1 aromatic heterocycles. The highest BCUT2D eigenvalue weighted by Gasteiger charge is 2.35. The largest absolute Gasteiger partial charge is 0.387 e. The van der Waals surface area contributed by atoms with E-state index in [-0.39, 0.29) is 17.7 Å². The lowest BCUT2D eigenvalue weighted by Gasteiger charge is -2.38. The first-order valence-corrected chi connectivity index (χ1v) is 11.8. The van der Waals surface area contributed by atoms with Gasteiger partial charge in [-0.25, -0.2) is 9.97 Å². The molecule has 7 nitrogen and oxygen atoms in total. The minimum absolute atomic E-state index is 0.136. The monoisotopic (exact) mass is 457 g/mol. The molecule has 1 unspecified atom stereocenters. The van der Waals surface area contributed by atoms with Gasteiger partial charge in [-0.2, -0.15) is 0 Å². The summed E-state index contributed by atoms with van der Waals surface area (Å²) in [6, 6.07) is 7.87. The maximum absolute atomic E-state index is 13.5. The second kappa shape index (κ2) is 9.73. The Morgan fingerprint density at radius 2 is 1.88 bits per heavy atom. The van der Waals surface area contributed by atoms with E-state index in [4.69, 9.17) is 11.6 Å². The van der Waals surface area contributed by atoms with Crippen LogP contribution >= 0.6 is 11.6 Å². The van der Waals surface area contributed by atoms with Gasteiger partial charge in [0.1, 0.15) is 12.1 Å². The highest BCUT2D eigenvalue weighted by atomic mass is 35.5. The number of halogens is 1. The lowest BCUT2D eigenvalue weighted by atomic mass is 9.96. The molecule has 32 heavy (non-hydrogen) atoms. The number of nitrogens with one attached hydrogen (secondary N) is 1. The molecule has 0 radical (unpaired) electrons. The number of piperazine rings is 1. The number of nitrogens with zero attached hydrogens (tertiary/aromatic N) is 4. The Labute approximate surface area is 194 Å². The Balaban J connectivity index is 1.47. The zero-order valence-electron chi connectivity index (χ0n) is 19.0. The number of anilines is 1. The van der Waals surface area contributed by atoms with Gasteiger partial charge in [0.2, 0.25) is 5.91 Å². The van der Waals surface area contributed by atoms with Gasteiger partial charge in [0.15, 0.2) is 0 Å². The molecule has 172 valence electrons. The summed E-state index contributed by atoms with van der Waals surface area (Å²) < 4.78 is 0. The van der Waals surface area contributed by atoms with Crippen LogP contribution in [0.1, 0.15) is 62.0 Å². The van der Waals surface area contributed by atoms with E-state index in [2.05, 4.69) is 41.0 Å². The number of rotatable bonds is 6. The summed E-state index contributed by atoms with van der Waals surface area (Å²) in [6.07, 6.45) is 1.71. The van der Waals surface area contributed by atoms with Crippen LogP contribution < -0.4 is 10.2 Å². The van der Waals surface area contributed by atoms with Gasteiger partial charge < -0.3 is 20.2 Å². The Bertz CT molecular complexity index is 944. The maximum Gasteiger partial charge on any atom is 0.231 e. The number of benzene rings is 1. The highest BCUT2D eigenvalue weighted by molar-refractivity contribution is 6.30. The van der Waals surface area contributed by atoms with Crippen molar-refractivity contribution >= 4 is 23.3 Å². The number of fused-ring (bicyclic) bond motifs is 1. The van der Waals surface area contributed by atoms with Crippen LogP contribution in [0.5, 0.6) is 0 Å². The van der Waals surface area contributed by atoms with Crippen molar-refractivity contribution in [2.45, 2.75) is 51.2 Å². The van der Waals surface area contributed by atoms with E-state index in [1.165, 1.54) is 0 Å². The zero-order valence-corrected chi connectivity index (χ0v) is 19.7. The first-order valence-electron chi connectivity index (χ1n) is 11.4. The Hall–Kier alpha value is -2.22. The Morgan fingerprint density at radius 1 is 1.19 bits per heavy atom. The lowest BCUT2D eigenvalue weighted by Crippen LogP contribution is -2.51. The maximum atomic E-state index is 13.5. The van der Waals surface area contributed by atoms with Crippen molar-refractivity contribution in [3.05, 3.63) is 52.4 Å². The van der Waals surface area contributed by atoms with Gasteiger partial charge in [0.25, 0.3) is 0 Å². The molecule has 0 saturated carbocycles. The molecule has 1 saturated heterocycles. The van der Waals surface area contributed by atoms with E-state index >= 15 is 0 Å². The Kier molecular flexibility index (Phi) is 6.98.